The maximum Gasteiger partial charge on any atom is 0.220 e. The fourth-order valence-electron chi connectivity index (χ4n) is 8.69. The highest BCUT2D eigenvalue weighted by atomic mass is 16.7. The third-order valence-electron chi connectivity index (χ3n) is 13.3. The van der Waals surface area contributed by atoms with Gasteiger partial charge in [0.1, 0.15) is 24.4 Å². The Hall–Kier alpha value is -3.15. The van der Waals surface area contributed by atoms with Gasteiger partial charge in [0.15, 0.2) is 6.29 Å². The van der Waals surface area contributed by atoms with Crippen molar-refractivity contribution in [3.8, 4) is 0 Å². The van der Waals surface area contributed by atoms with Crippen LogP contribution in [0.3, 0.4) is 0 Å². The topological polar surface area (TPSA) is 149 Å². The number of ether oxygens (including phenoxy) is 2. The Kier molecular flexibility index (Phi) is 48.6. The number of carbonyl (C=O) groups excluding carboxylic acids is 1. The van der Waals surface area contributed by atoms with Crippen molar-refractivity contribution in [3.63, 3.8) is 0 Å². The summed E-state index contributed by atoms with van der Waals surface area (Å²) in [6.45, 7) is 3.62. The lowest BCUT2D eigenvalue weighted by Gasteiger charge is -2.40. The van der Waals surface area contributed by atoms with Crippen molar-refractivity contribution in [2.75, 3.05) is 13.2 Å². The Labute approximate surface area is 446 Å². The summed E-state index contributed by atoms with van der Waals surface area (Å²) in [6.07, 6.45) is 70.2. The van der Waals surface area contributed by atoms with Gasteiger partial charge in [0, 0.05) is 6.42 Å². The number of allylic oxidation sites excluding steroid dienone is 17. The third-order valence-corrected chi connectivity index (χ3v) is 13.3. The molecule has 0 aliphatic carbocycles. The Bertz CT molecular complexity index is 1510. The van der Waals surface area contributed by atoms with E-state index >= 15 is 0 Å². The first kappa shape index (κ1) is 67.9. The van der Waals surface area contributed by atoms with Gasteiger partial charge in [0.25, 0.3) is 0 Å². The Balaban J connectivity index is 2.30. The van der Waals surface area contributed by atoms with E-state index in [0.717, 1.165) is 70.6 Å². The van der Waals surface area contributed by atoms with Crippen LogP contribution in [0.1, 0.15) is 232 Å². The van der Waals surface area contributed by atoms with Crippen LogP contribution in [0.2, 0.25) is 0 Å². The molecule has 0 aromatic rings. The largest absolute Gasteiger partial charge is 0.394 e. The number of unbranched alkanes of at least 4 members (excludes halogenated alkanes) is 23. The molecular formula is C64H109NO8. The SMILES string of the molecule is CC/C=C\C/C=C\C/C=C\C/C=C\C/C=C\C/C=C\C/C=C\CCCC(=O)NC(COC1OC(CO)C(O)C(O)C1O)C(O)/C=C/CC/C=C/CCCCCCCCCCCCCCCCCCCCCCC. The highest BCUT2D eigenvalue weighted by molar-refractivity contribution is 5.76. The molecule has 0 bridgehead atoms. The predicted octanol–water partition coefficient (Wildman–Crippen LogP) is 15.0. The molecule has 0 radical (unpaired) electrons. The number of hydrogen-bond acceptors (Lipinski definition) is 8. The van der Waals surface area contributed by atoms with Crippen molar-refractivity contribution < 1.29 is 39.8 Å². The zero-order chi connectivity index (χ0) is 52.9. The van der Waals surface area contributed by atoms with E-state index in [0.29, 0.717) is 6.42 Å². The van der Waals surface area contributed by atoms with E-state index in [1.54, 1.807) is 6.08 Å². The molecule has 1 aliphatic rings. The molecule has 7 atom stereocenters. The third kappa shape index (κ3) is 41.7. The van der Waals surface area contributed by atoms with E-state index in [-0.39, 0.29) is 18.9 Å². The molecule has 9 nitrogen and oxygen atoms in total. The molecule has 1 rings (SSSR count). The molecule has 418 valence electrons. The van der Waals surface area contributed by atoms with Gasteiger partial charge in [-0.2, -0.15) is 0 Å². The summed E-state index contributed by atoms with van der Waals surface area (Å²) in [6, 6.07) is -0.862. The second-order valence-corrected chi connectivity index (χ2v) is 20.0. The molecule has 73 heavy (non-hydrogen) atoms. The lowest BCUT2D eigenvalue weighted by Crippen LogP contribution is -2.60. The normalized spacial score (nSPS) is 19.9. The summed E-state index contributed by atoms with van der Waals surface area (Å²) in [4.78, 5) is 13.0. The van der Waals surface area contributed by atoms with Gasteiger partial charge in [-0.05, 0) is 83.5 Å². The summed E-state index contributed by atoms with van der Waals surface area (Å²) in [5.74, 6) is -0.247. The second-order valence-electron chi connectivity index (χ2n) is 20.0. The van der Waals surface area contributed by atoms with Gasteiger partial charge in [-0.25, -0.2) is 0 Å². The average Bonchev–Trinajstić information content (AvgIpc) is 3.39. The number of nitrogens with one attached hydrogen (secondary N) is 1. The van der Waals surface area contributed by atoms with Gasteiger partial charge >= 0.3 is 0 Å². The van der Waals surface area contributed by atoms with Gasteiger partial charge < -0.3 is 40.3 Å². The number of hydrogen-bond donors (Lipinski definition) is 6. The number of aliphatic hydroxyl groups excluding tert-OH is 5. The molecule has 0 aromatic carbocycles. The van der Waals surface area contributed by atoms with Crippen LogP contribution >= 0.6 is 0 Å². The number of carbonyl (C=O) groups is 1. The van der Waals surface area contributed by atoms with E-state index in [4.69, 9.17) is 9.47 Å². The van der Waals surface area contributed by atoms with E-state index in [1.165, 1.54) is 135 Å². The van der Waals surface area contributed by atoms with E-state index in [9.17, 15) is 30.3 Å². The minimum atomic E-state index is -1.59. The molecule has 1 amide bonds. The van der Waals surface area contributed by atoms with Crippen LogP contribution in [0.15, 0.2) is 109 Å². The highest BCUT2D eigenvalue weighted by Gasteiger charge is 2.44. The quantitative estimate of drug-likeness (QED) is 0.0261. The predicted molar refractivity (Wildman–Crippen MR) is 308 cm³/mol. The smallest absolute Gasteiger partial charge is 0.220 e. The first-order valence-corrected chi connectivity index (χ1v) is 29.6. The van der Waals surface area contributed by atoms with Gasteiger partial charge in [-0.15, -0.1) is 0 Å². The zero-order valence-electron chi connectivity index (χ0n) is 46.4. The molecule has 7 unspecified atom stereocenters. The highest BCUT2D eigenvalue weighted by Crippen LogP contribution is 2.23. The van der Waals surface area contributed by atoms with Crippen molar-refractivity contribution in [1.82, 2.24) is 5.32 Å². The van der Waals surface area contributed by atoms with E-state index in [2.05, 4.69) is 116 Å². The lowest BCUT2D eigenvalue weighted by molar-refractivity contribution is -0.302. The molecule has 0 spiro atoms. The molecule has 0 aromatic heterocycles. The standard InChI is InChI=1S/C64H109NO8/c1-3-5-7-9-11-13-15-17-19-21-23-25-27-28-29-30-32-33-35-37-39-41-43-45-47-49-51-53-58(67)57(56-72-64-63(71)62(70)61(69)59(55-66)73-64)65-60(68)54-52-50-48-46-44-42-40-38-36-34-31-26-24-22-20-18-16-14-12-10-8-6-4-2/h6,8,12,14,18,20,24,26,34,36,40,42-43,45-46,48,51,53,57-59,61-64,66-67,69-71H,3-5,7,9-11,13,15-17,19,21-23,25,27-33,35,37-39,41,44,47,49-50,52,54-56H2,1-2H3,(H,65,68)/b8-6-,14-12-,20-18-,26-24-,36-34-,42-40-,45-43+,48-46-,53-51+. The average molecular weight is 1020 g/mol. The van der Waals surface area contributed by atoms with Crippen molar-refractivity contribution in [2.24, 2.45) is 0 Å². The maximum absolute atomic E-state index is 13.0. The summed E-state index contributed by atoms with van der Waals surface area (Å²) in [7, 11) is 0. The van der Waals surface area contributed by atoms with Gasteiger partial charge in [-0.1, -0.05) is 252 Å². The molecule has 1 heterocycles. The summed E-state index contributed by atoms with van der Waals surface area (Å²) < 4.78 is 11.2. The molecule has 1 fully saturated rings. The number of amides is 1. The second kappa shape index (κ2) is 52.3. The number of rotatable bonds is 49. The molecular weight excluding hydrogens is 911 g/mol. The summed E-state index contributed by atoms with van der Waals surface area (Å²) in [5.41, 5.74) is 0. The molecule has 6 N–H and O–H groups in total. The van der Waals surface area contributed by atoms with Gasteiger partial charge in [0.05, 0.1) is 25.4 Å². The molecule has 1 saturated heterocycles. The fraction of sp³-hybridized carbons (Fsp3) is 0.703. The molecule has 9 heteroatoms. The van der Waals surface area contributed by atoms with Crippen LogP contribution < -0.4 is 5.32 Å². The first-order chi connectivity index (χ1) is 35.8. The zero-order valence-corrected chi connectivity index (χ0v) is 46.4. The van der Waals surface area contributed by atoms with Gasteiger partial charge in [-0.3, -0.25) is 4.79 Å². The number of aliphatic hydroxyl groups is 5. The summed E-state index contributed by atoms with van der Waals surface area (Å²) >= 11 is 0. The van der Waals surface area contributed by atoms with Crippen molar-refractivity contribution >= 4 is 5.91 Å². The summed E-state index contributed by atoms with van der Waals surface area (Å²) in [5, 5.41) is 54.5. The van der Waals surface area contributed by atoms with Crippen LogP contribution in [0.4, 0.5) is 0 Å². The van der Waals surface area contributed by atoms with Crippen LogP contribution in [0, 0.1) is 0 Å². The van der Waals surface area contributed by atoms with Crippen LogP contribution in [0.5, 0.6) is 0 Å². The van der Waals surface area contributed by atoms with Crippen LogP contribution in [-0.2, 0) is 14.3 Å². The van der Waals surface area contributed by atoms with E-state index in [1.807, 2.05) is 6.08 Å². The van der Waals surface area contributed by atoms with Gasteiger partial charge in [0.2, 0.25) is 5.91 Å². The van der Waals surface area contributed by atoms with Crippen molar-refractivity contribution in [2.45, 2.75) is 275 Å². The first-order valence-electron chi connectivity index (χ1n) is 29.6. The Morgan fingerprint density at radius 3 is 1.32 bits per heavy atom. The van der Waals surface area contributed by atoms with Crippen molar-refractivity contribution in [3.05, 3.63) is 109 Å². The fourth-order valence-corrected chi connectivity index (χ4v) is 8.69. The Morgan fingerprint density at radius 1 is 0.479 bits per heavy atom. The van der Waals surface area contributed by atoms with Crippen LogP contribution in [0.25, 0.3) is 0 Å². The monoisotopic (exact) mass is 1020 g/mol. The molecule has 0 saturated carbocycles. The maximum atomic E-state index is 13.0. The lowest BCUT2D eigenvalue weighted by atomic mass is 9.99. The minimum absolute atomic E-state index is 0.231. The van der Waals surface area contributed by atoms with E-state index < -0.39 is 49.5 Å². The minimum Gasteiger partial charge on any atom is -0.394 e. The van der Waals surface area contributed by atoms with Crippen LogP contribution in [-0.4, -0.2) is 87.5 Å². The molecule has 1 aliphatic heterocycles. The Morgan fingerprint density at radius 2 is 0.863 bits per heavy atom. The van der Waals surface area contributed by atoms with Crippen molar-refractivity contribution in [1.29, 1.82) is 0 Å².